The predicted molar refractivity (Wildman–Crippen MR) is 67.1 cm³/mol. The monoisotopic (exact) mass is 280 g/mol. The van der Waals surface area contributed by atoms with Gasteiger partial charge in [0.15, 0.2) is 0 Å². The number of aromatic nitrogens is 3. The Balaban J connectivity index is 2.05. The van der Waals surface area contributed by atoms with Gasteiger partial charge < -0.3 is 10.4 Å². The van der Waals surface area contributed by atoms with Gasteiger partial charge in [-0.05, 0) is 12.1 Å². The molecule has 0 radical (unpaired) electrons. The molecule has 0 aliphatic heterocycles. The average molecular weight is 281 g/mol. The smallest absolute Gasteiger partial charge is 0.325 e. The van der Waals surface area contributed by atoms with Crippen LogP contribution in [0.4, 0.5) is 5.82 Å². The zero-order valence-electron chi connectivity index (χ0n) is 9.58. The Morgan fingerprint density at radius 3 is 2.79 bits per heavy atom. The van der Waals surface area contributed by atoms with Crippen molar-refractivity contribution in [2.24, 2.45) is 0 Å². The molecule has 0 saturated heterocycles. The van der Waals surface area contributed by atoms with Gasteiger partial charge in [-0.1, -0.05) is 11.6 Å². The molecule has 98 valence electrons. The van der Waals surface area contributed by atoms with E-state index in [4.69, 9.17) is 16.7 Å². The van der Waals surface area contributed by atoms with Crippen LogP contribution in [-0.4, -0.2) is 31.7 Å². The molecular formula is C11H9ClN4O3. The second-order valence-corrected chi connectivity index (χ2v) is 4.07. The fraction of sp³-hybridized carbons (Fsp3) is 0.0909. The van der Waals surface area contributed by atoms with E-state index in [-0.39, 0.29) is 12.1 Å². The molecule has 2 aromatic heterocycles. The zero-order chi connectivity index (χ0) is 13.8. The molecule has 7 nitrogen and oxygen atoms in total. The normalized spacial score (nSPS) is 10.2. The van der Waals surface area contributed by atoms with Crippen molar-refractivity contribution in [3.05, 3.63) is 41.3 Å². The third-order valence-corrected chi connectivity index (χ3v) is 2.39. The lowest BCUT2D eigenvalue weighted by molar-refractivity contribution is -0.137. The van der Waals surface area contributed by atoms with Gasteiger partial charge in [0.1, 0.15) is 12.4 Å². The molecule has 0 aliphatic carbocycles. The van der Waals surface area contributed by atoms with Crippen LogP contribution in [0.2, 0.25) is 5.02 Å². The summed E-state index contributed by atoms with van der Waals surface area (Å²) in [6, 6.07) is 3.15. The van der Waals surface area contributed by atoms with Crippen molar-refractivity contribution in [2.45, 2.75) is 6.54 Å². The molecule has 8 heteroatoms. The summed E-state index contributed by atoms with van der Waals surface area (Å²) in [4.78, 5) is 26.2. The topological polar surface area (TPSA) is 97.1 Å². The molecule has 0 spiro atoms. The number of carboxylic acid groups (broad SMARTS) is 1. The molecule has 19 heavy (non-hydrogen) atoms. The van der Waals surface area contributed by atoms with E-state index in [1.165, 1.54) is 18.6 Å². The van der Waals surface area contributed by atoms with Crippen molar-refractivity contribution in [1.82, 2.24) is 14.8 Å². The number of anilines is 1. The lowest BCUT2D eigenvalue weighted by atomic mass is 10.3. The van der Waals surface area contributed by atoms with Crippen molar-refractivity contribution >= 4 is 29.3 Å². The lowest BCUT2D eigenvalue weighted by Crippen LogP contribution is -2.12. The molecule has 0 saturated carbocycles. The Morgan fingerprint density at radius 1 is 1.37 bits per heavy atom. The molecule has 0 fully saturated rings. The number of nitrogens with zero attached hydrogens (tertiary/aromatic N) is 3. The van der Waals surface area contributed by atoms with E-state index in [1.54, 1.807) is 12.1 Å². The summed E-state index contributed by atoms with van der Waals surface area (Å²) in [5.41, 5.74) is 0.248. The lowest BCUT2D eigenvalue weighted by Gasteiger charge is -2.01. The van der Waals surface area contributed by atoms with Crippen LogP contribution in [0.5, 0.6) is 0 Å². The summed E-state index contributed by atoms with van der Waals surface area (Å²) in [6.07, 6.45) is 4.04. The number of rotatable bonds is 4. The maximum absolute atomic E-state index is 11.8. The van der Waals surface area contributed by atoms with Crippen LogP contribution in [-0.2, 0) is 11.3 Å². The van der Waals surface area contributed by atoms with Gasteiger partial charge in [-0.15, -0.1) is 0 Å². The molecule has 2 N–H and O–H groups in total. The first kappa shape index (κ1) is 13.0. The number of carbonyl (C=O) groups excluding carboxylic acids is 1. The van der Waals surface area contributed by atoms with Crippen LogP contribution in [0.25, 0.3) is 0 Å². The van der Waals surface area contributed by atoms with Gasteiger partial charge in [0, 0.05) is 12.4 Å². The Morgan fingerprint density at radius 2 is 2.16 bits per heavy atom. The number of carboxylic acids is 1. The van der Waals surface area contributed by atoms with Crippen LogP contribution >= 0.6 is 11.6 Å². The van der Waals surface area contributed by atoms with Crippen LogP contribution in [0.1, 0.15) is 10.4 Å². The number of hydrogen-bond acceptors (Lipinski definition) is 4. The highest BCUT2D eigenvalue weighted by Crippen LogP contribution is 2.10. The highest BCUT2D eigenvalue weighted by molar-refractivity contribution is 6.30. The number of hydrogen-bond donors (Lipinski definition) is 2. The first-order valence-corrected chi connectivity index (χ1v) is 5.59. The van der Waals surface area contributed by atoms with Gasteiger partial charge in [0.2, 0.25) is 0 Å². The number of carbonyl (C=O) groups is 2. The maximum Gasteiger partial charge on any atom is 0.325 e. The van der Waals surface area contributed by atoms with E-state index >= 15 is 0 Å². The minimum atomic E-state index is -1.03. The van der Waals surface area contributed by atoms with Crippen molar-refractivity contribution < 1.29 is 14.7 Å². The van der Waals surface area contributed by atoms with E-state index in [0.29, 0.717) is 10.8 Å². The van der Waals surface area contributed by atoms with Crippen molar-refractivity contribution in [3.63, 3.8) is 0 Å². The second kappa shape index (κ2) is 5.49. The minimum Gasteiger partial charge on any atom is -0.480 e. The summed E-state index contributed by atoms with van der Waals surface area (Å²) in [6.45, 7) is -0.299. The molecule has 2 aromatic rings. The summed E-state index contributed by atoms with van der Waals surface area (Å²) >= 11 is 5.67. The Labute approximate surface area is 112 Å². The van der Waals surface area contributed by atoms with Gasteiger partial charge in [-0.3, -0.25) is 14.3 Å². The fourth-order valence-corrected chi connectivity index (χ4v) is 1.46. The van der Waals surface area contributed by atoms with Gasteiger partial charge in [-0.2, -0.15) is 5.10 Å². The Kier molecular flexibility index (Phi) is 3.76. The predicted octanol–water partition coefficient (Wildman–Crippen LogP) is 1.27. The van der Waals surface area contributed by atoms with E-state index in [1.807, 2.05) is 0 Å². The van der Waals surface area contributed by atoms with E-state index < -0.39 is 11.9 Å². The first-order chi connectivity index (χ1) is 9.04. The summed E-state index contributed by atoms with van der Waals surface area (Å²) in [5, 5.41) is 15.4. The van der Waals surface area contributed by atoms with Crippen LogP contribution in [0.15, 0.2) is 30.7 Å². The van der Waals surface area contributed by atoms with Gasteiger partial charge >= 0.3 is 5.97 Å². The molecule has 0 unspecified atom stereocenters. The molecule has 0 bridgehead atoms. The Hall–Kier alpha value is -2.41. The van der Waals surface area contributed by atoms with Gasteiger partial charge in [-0.25, -0.2) is 4.98 Å². The minimum absolute atomic E-state index is 0.248. The van der Waals surface area contributed by atoms with Crippen LogP contribution in [0, 0.1) is 0 Å². The molecule has 2 heterocycles. The number of aliphatic carboxylic acids is 1. The summed E-state index contributed by atoms with van der Waals surface area (Å²) in [7, 11) is 0. The molecule has 0 atom stereocenters. The maximum atomic E-state index is 11.8. The van der Waals surface area contributed by atoms with Gasteiger partial charge in [0.05, 0.1) is 16.8 Å². The summed E-state index contributed by atoms with van der Waals surface area (Å²) in [5.74, 6) is -1.11. The molecule has 0 aliphatic rings. The fourth-order valence-electron chi connectivity index (χ4n) is 1.34. The van der Waals surface area contributed by atoms with Crippen molar-refractivity contribution in [2.75, 3.05) is 5.32 Å². The molecule has 0 aromatic carbocycles. The SMILES string of the molecule is O=C(O)Cn1cc(C(=O)Nc2ccc(Cl)cn2)cn1. The number of halogens is 1. The van der Waals surface area contributed by atoms with E-state index in [2.05, 4.69) is 15.4 Å². The second-order valence-electron chi connectivity index (χ2n) is 3.64. The third kappa shape index (κ3) is 3.52. The van der Waals surface area contributed by atoms with Crippen molar-refractivity contribution in [1.29, 1.82) is 0 Å². The summed E-state index contributed by atoms with van der Waals surface area (Å²) < 4.78 is 1.16. The van der Waals surface area contributed by atoms with Crippen LogP contribution in [0.3, 0.4) is 0 Å². The standard InChI is InChI=1S/C11H9ClN4O3/c12-8-1-2-9(13-4-8)15-11(19)7-3-14-16(5-7)6-10(17)18/h1-5H,6H2,(H,17,18)(H,13,15,19). The van der Waals surface area contributed by atoms with E-state index in [0.717, 1.165) is 4.68 Å². The third-order valence-electron chi connectivity index (χ3n) is 2.16. The number of nitrogens with one attached hydrogen (secondary N) is 1. The molecule has 2 rings (SSSR count). The number of pyridine rings is 1. The van der Waals surface area contributed by atoms with E-state index in [9.17, 15) is 9.59 Å². The van der Waals surface area contributed by atoms with Crippen molar-refractivity contribution in [3.8, 4) is 0 Å². The number of amides is 1. The van der Waals surface area contributed by atoms with Crippen LogP contribution < -0.4 is 5.32 Å². The first-order valence-electron chi connectivity index (χ1n) is 5.22. The highest BCUT2D eigenvalue weighted by atomic mass is 35.5. The zero-order valence-corrected chi connectivity index (χ0v) is 10.3. The Bertz CT molecular complexity index is 609. The molecule has 1 amide bonds. The quantitative estimate of drug-likeness (QED) is 0.879. The highest BCUT2D eigenvalue weighted by Gasteiger charge is 2.10. The molecular weight excluding hydrogens is 272 g/mol. The average Bonchev–Trinajstić information content (AvgIpc) is 2.80. The largest absolute Gasteiger partial charge is 0.480 e. The van der Waals surface area contributed by atoms with Gasteiger partial charge in [0.25, 0.3) is 5.91 Å².